The monoisotopic (exact) mass is 500 g/mol. The van der Waals surface area contributed by atoms with Gasteiger partial charge in [0.25, 0.3) is 0 Å². The van der Waals surface area contributed by atoms with Crippen LogP contribution in [0.15, 0.2) is 58.3 Å². The summed E-state index contributed by atoms with van der Waals surface area (Å²) in [4.78, 5) is 0.309. The van der Waals surface area contributed by atoms with Gasteiger partial charge in [0.1, 0.15) is 0 Å². The lowest BCUT2D eigenvalue weighted by molar-refractivity contribution is 0.0138. The summed E-state index contributed by atoms with van der Waals surface area (Å²) in [6, 6.07) is 13.4. The Bertz CT molecular complexity index is 988. The Balaban J connectivity index is 1.48. The molecule has 0 radical (unpaired) electrons. The Hall–Kier alpha value is -1.86. The van der Waals surface area contributed by atoms with Gasteiger partial charge in [0.15, 0.2) is 0 Å². The van der Waals surface area contributed by atoms with Crippen LogP contribution in [0.1, 0.15) is 24.0 Å². The molecule has 0 aromatic heterocycles. The molecular formula is C22H32N2O7S2. The first-order chi connectivity index (χ1) is 15.7. The van der Waals surface area contributed by atoms with E-state index in [1.807, 2.05) is 0 Å². The molecule has 0 amide bonds. The van der Waals surface area contributed by atoms with E-state index in [2.05, 4.69) is 0 Å². The molecule has 0 aliphatic heterocycles. The summed E-state index contributed by atoms with van der Waals surface area (Å²) in [5, 5.41) is 10.5. The fourth-order valence-electron chi connectivity index (χ4n) is 3.25. The zero-order valence-corrected chi connectivity index (χ0v) is 20.2. The normalized spacial score (nSPS) is 12.2. The van der Waals surface area contributed by atoms with Gasteiger partial charge in [-0.25, -0.2) is 27.1 Å². The fourth-order valence-corrected chi connectivity index (χ4v) is 4.85. The van der Waals surface area contributed by atoms with E-state index in [0.29, 0.717) is 76.5 Å². The van der Waals surface area contributed by atoms with Gasteiger partial charge in [0.05, 0.1) is 36.2 Å². The highest BCUT2D eigenvalue weighted by molar-refractivity contribution is 7.89. The fraction of sp³-hybridized carbons (Fsp3) is 0.455. The maximum absolute atomic E-state index is 11.6. The van der Waals surface area contributed by atoms with Gasteiger partial charge in [0, 0.05) is 13.2 Å². The van der Waals surface area contributed by atoms with Gasteiger partial charge in [-0.1, -0.05) is 36.4 Å². The van der Waals surface area contributed by atoms with Crippen molar-refractivity contribution in [1.29, 1.82) is 0 Å². The number of primary sulfonamides is 2. The van der Waals surface area contributed by atoms with Crippen LogP contribution in [-0.4, -0.2) is 56.5 Å². The molecule has 9 nitrogen and oxygen atoms in total. The molecular weight excluding hydrogens is 468 g/mol. The van der Waals surface area contributed by atoms with Crippen LogP contribution in [0.25, 0.3) is 0 Å². The first kappa shape index (κ1) is 27.4. The average molecular weight is 501 g/mol. The van der Waals surface area contributed by atoms with E-state index < -0.39 is 20.0 Å². The topological polar surface area (TPSA) is 148 Å². The van der Waals surface area contributed by atoms with Gasteiger partial charge < -0.3 is 14.2 Å². The van der Waals surface area contributed by atoms with E-state index in [4.69, 9.17) is 24.5 Å². The highest BCUT2D eigenvalue weighted by Crippen LogP contribution is 2.16. The van der Waals surface area contributed by atoms with E-state index in [0.717, 1.165) is 0 Å². The quantitative estimate of drug-likeness (QED) is 0.333. The molecule has 0 spiro atoms. The van der Waals surface area contributed by atoms with Crippen LogP contribution < -0.4 is 10.3 Å². The minimum atomic E-state index is -3.72. The summed E-state index contributed by atoms with van der Waals surface area (Å²) < 4.78 is 62.8. The maximum Gasteiger partial charge on any atom is 0.238 e. The van der Waals surface area contributed by atoms with E-state index in [1.165, 1.54) is 12.1 Å². The predicted molar refractivity (Wildman–Crippen MR) is 125 cm³/mol. The summed E-state index contributed by atoms with van der Waals surface area (Å²) in [5.74, 6) is 0. The van der Waals surface area contributed by atoms with E-state index in [-0.39, 0.29) is 9.79 Å². The van der Waals surface area contributed by atoms with E-state index in [9.17, 15) is 16.8 Å². The second-order valence-corrected chi connectivity index (χ2v) is 10.4. The number of aryl methyl sites for hydroxylation is 2. The number of hydrogen-bond acceptors (Lipinski definition) is 7. The Morgan fingerprint density at radius 3 is 1.24 bits per heavy atom. The van der Waals surface area contributed by atoms with Crippen LogP contribution in [-0.2, 0) is 47.1 Å². The molecule has 0 saturated carbocycles. The third-order valence-electron chi connectivity index (χ3n) is 4.77. The van der Waals surface area contributed by atoms with Crippen LogP contribution >= 0.6 is 0 Å². The molecule has 2 rings (SSSR count). The highest BCUT2D eigenvalue weighted by Gasteiger charge is 2.13. The standard InChI is InChI=1S/C22H32N2O7S2/c23-32(25,26)21-11-3-1-7-19(21)9-5-13-29-15-17-31-18-16-30-14-6-10-20-8-2-4-12-22(20)33(24,27)28/h1-4,7-8,11-12H,5-6,9-10,13-18H2,(H2,23,25,26)(H2,24,27,28). The van der Waals surface area contributed by atoms with Crippen molar-refractivity contribution < 1.29 is 31.0 Å². The minimum absolute atomic E-state index is 0.155. The van der Waals surface area contributed by atoms with Crippen molar-refractivity contribution in [1.82, 2.24) is 0 Å². The minimum Gasteiger partial charge on any atom is -0.379 e. The lowest BCUT2D eigenvalue weighted by atomic mass is 10.1. The molecule has 0 atom stereocenters. The van der Waals surface area contributed by atoms with Crippen molar-refractivity contribution in [2.45, 2.75) is 35.5 Å². The molecule has 0 bridgehead atoms. The van der Waals surface area contributed by atoms with E-state index >= 15 is 0 Å². The number of benzene rings is 2. The summed E-state index contributed by atoms with van der Waals surface area (Å²) in [5.41, 5.74) is 1.37. The molecule has 4 N–H and O–H groups in total. The number of sulfonamides is 2. The first-order valence-corrected chi connectivity index (χ1v) is 13.7. The Kier molecular flexibility index (Phi) is 11.4. The average Bonchev–Trinajstić information content (AvgIpc) is 2.76. The van der Waals surface area contributed by atoms with Crippen molar-refractivity contribution in [2.75, 3.05) is 39.6 Å². The SMILES string of the molecule is NS(=O)(=O)c1ccccc1CCCOCCOCCOCCCc1ccccc1S(N)(=O)=O. The Morgan fingerprint density at radius 2 is 0.879 bits per heavy atom. The Labute approximate surface area is 196 Å². The number of hydrogen-bond donors (Lipinski definition) is 2. The molecule has 0 aliphatic rings. The second kappa shape index (κ2) is 13.8. The van der Waals surface area contributed by atoms with Crippen molar-refractivity contribution in [3.05, 3.63) is 59.7 Å². The van der Waals surface area contributed by atoms with Crippen molar-refractivity contribution in [2.24, 2.45) is 10.3 Å². The van der Waals surface area contributed by atoms with Gasteiger partial charge in [-0.05, 0) is 48.9 Å². The maximum atomic E-state index is 11.6. The molecule has 0 heterocycles. The molecule has 11 heteroatoms. The van der Waals surface area contributed by atoms with Crippen LogP contribution in [0.3, 0.4) is 0 Å². The van der Waals surface area contributed by atoms with Gasteiger partial charge in [-0.2, -0.15) is 0 Å². The lowest BCUT2D eigenvalue weighted by Crippen LogP contribution is -2.15. The zero-order chi connectivity index (χ0) is 24.2. The smallest absolute Gasteiger partial charge is 0.238 e. The van der Waals surface area contributed by atoms with E-state index in [1.54, 1.807) is 36.4 Å². The Morgan fingerprint density at radius 1 is 0.545 bits per heavy atom. The van der Waals surface area contributed by atoms with Gasteiger partial charge >= 0.3 is 0 Å². The molecule has 0 fully saturated rings. The molecule has 184 valence electrons. The number of rotatable bonds is 16. The van der Waals surface area contributed by atoms with Crippen LogP contribution in [0.4, 0.5) is 0 Å². The summed E-state index contributed by atoms with van der Waals surface area (Å²) in [6.45, 7) is 2.69. The van der Waals surface area contributed by atoms with Crippen LogP contribution in [0.2, 0.25) is 0 Å². The summed E-state index contributed by atoms with van der Waals surface area (Å²) in [6.07, 6.45) is 2.46. The lowest BCUT2D eigenvalue weighted by Gasteiger charge is -2.09. The third kappa shape index (κ3) is 10.3. The summed E-state index contributed by atoms with van der Waals surface area (Å²) in [7, 11) is -7.45. The molecule has 0 saturated heterocycles. The number of ether oxygens (including phenoxy) is 3. The molecule has 2 aromatic rings. The third-order valence-corrected chi connectivity index (χ3v) is 6.79. The molecule has 0 unspecified atom stereocenters. The number of nitrogens with two attached hydrogens (primary N) is 2. The van der Waals surface area contributed by atoms with Crippen molar-refractivity contribution >= 4 is 20.0 Å². The van der Waals surface area contributed by atoms with Gasteiger partial charge in [-0.3, -0.25) is 0 Å². The van der Waals surface area contributed by atoms with Crippen LogP contribution in [0, 0.1) is 0 Å². The first-order valence-electron chi connectivity index (χ1n) is 10.6. The second-order valence-electron chi connectivity index (χ2n) is 7.35. The zero-order valence-electron chi connectivity index (χ0n) is 18.5. The van der Waals surface area contributed by atoms with Crippen LogP contribution in [0.5, 0.6) is 0 Å². The van der Waals surface area contributed by atoms with Gasteiger partial charge in [-0.15, -0.1) is 0 Å². The van der Waals surface area contributed by atoms with Crippen molar-refractivity contribution in [3.8, 4) is 0 Å². The molecule has 33 heavy (non-hydrogen) atoms. The molecule has 2 aromatic carbocycles. The predicted octanol–water partition coefficient (Wildman–Crippen LogP) is 1.60. The largest absolute Gasteiger partial charge is 0.379 e. The van der Waals surface area contributed by atoms with Gasteiger partial charge in [0.2, 0.25) is 20.0 Å². The highest BCUT2D eigenvalue weighted by atomic mass is 32.2. The summed E-state index contributed by atoms with van der Waals surface area (Å²) >= 11 is 0. The molecule has 0 aliphatic carbocycles. The van der Waals surface area contributed by atoms with Crippen molar-refractivity contribution in [3.63, 3.8) is 0 Å².